The Kier molecular flexibility index (Phi) is 6.80. The van der Waals surface area contributed by atoms with E-state index in [1.165, 1.54) is 6.26 Å². The maximum Gasteiger partial charge on any atom is 0.191 e. The third-order valence-corrected chi connectivity index (χ3v) is 5.50. The Bertz CT molecular complexity index is 583. The van der Waals surface area contributed by atoms with Gasteiger partial charge in [0.2, 0.25) is 0 Å². The summed E-state index contributed by atoms with van der Waals surface area (Å²) in [5.41, 5.74) is 1.00. The second-order valence-corrected chi connectivity index (χ2v) is 8.37. The van der Waals surface area contributed by atoms with E-state index in [0.717, 1.165) is 12.1 Å². The summed E-state index contributed by atoms with van der Waals surface area (Å²) in [6, 6.07) is 5.81. The number of hydrogen-bond donors (Lipinski definition) is 2. The largest absolute Gasteiger partial charge is 0.357 e. The first kappa shape index (κ1) is 18.4. The normalized spacial score (nSPS) is 13.0. The summed E-state index contributed by atoms with van der Waals surface area (Å²) in [5, 5.41) is 6.31. The van der Waals surface area contributed by atoms with Crippen LogP contribution in [0.4, 0.5) is 0 Å². The summed E-state index contributed by atoms with van der Waals surface area (Å²) in [6.07, 6.45) is 3.79. The van der Waals surface area contributed by atoms with Crippen LogP contribution in [-0.2, 0) is 16.3 Å². The van der Waals surface area contributed by atoms with Gasteiger partial charge in [-0.05, 0) is 32.9 Å². The van der Waals surface area contributed by atoms with Gasteiger partial charge in [0.25, 0.3) is 0 Å². The van der Waals surface area contributed by atoms with Gasteiger partial charge >= 0.3 is 0 Å². The molecule has 0 aliphatic heterocycles. The van der Waals surface area contributed by atoms with Crippen LogP contribution in [0.1, 0.15) is 26.5 Å². The van der Waals surface area contributed by atoms with Crippen molar-refractivity contribution in [2.75, 3.05) is 25.9 Å². The van der Waals surface area contributed by atoms with E-state index in [1.807, 2.05) is 25.1 Å². The molecule has 0 fully saturated rings. The highest BCUT2D eigenvalue weighted by Gasteiger charge is 2.29. The standard InChI is InChI=1S/C15H26N4O2S/c1-5-16-14(19-12-15(2,3)22(4,20)21)18-11-9-13-8-6-7-10-17-13/h6-8,10H,5,9,11-12H2,1-4H3,(H2,16,18,19). The van der Waals surface area contributed by atoms with Gasteiger partial charge in [-0.3, -0.25) is 9.98 Å². The van der Waals surface area contributed by atoms with Crippen molar-refractivity contribution in [3.05, 3.63) is 30.1 Å². The lowest BCUT2D eigenvalue weighted by molar-refractivity contribution is 0.554. The molecule has 0 saturated carbocycles. The van der Waals surface area contributed by atoms with Gasteiger partial charge in [0, 0.05) is 37.7 Å². The quantitative estimate of drug-likeness (QED) is 0.577. The minimum atomic E-state index is -3.15. The maximum absolute atomic E-state index is 11.7. The first-order valence-corrected chi connectivity index (χ1v) is 9.27. The van der Waals surface area contributed by atoms with E-state index in [2.05, 4.69) is 20.6 Å². The number of nitrogens with one attached hydrogen (secondary N) is 2. The molecule has 124 valence electrons. The number of rotatable bonds is 7. The van der Waals surface area contributed by atoms with Crippen LogP contribution in [0.25, 0.3) is 0 Å². The Morgan fingerprint density at radius 1 is 1.32 bits per heavy atom. The number of aromatic nitrogens is 1. The molecule has 0 unspecified atom stereocenters. The van der Waals surface area contributed by atoms with Gasteiger partial charge in [-0.1, -0.05) is 6.07 Å². The molecule has 0 saturated heterocycles. The molecule has 22 heavy (non-hydrogen) atoms. The zero-order valence-electron chi connectivity index (χ0n) is 13.8. The molecule has 0 radical (unpaired) electrons. The molecule has 1 heterocycles. The highest BCUT2D eigenvalue weighted by atomic mass is 32.2. The third kappa shape index (κ3) is 6.01. The molecule has 1 aromatic heterocycles. The smallest absolute Gasteiger partial charge is 0.191 e. The highest BCUT2D eigenvalue weighted by molar-refractivity contribution is 7.92. The molecule has 1 aromatic rings. The molecule has 1 rings (SSSR count). The SMILES string of the molecule is CCNC(=NCC(C)(C)S(C)(=O)=O)NCCc1ccccn1. The lowest BCUT2D eigenvalue weighted by Crippen LogP contribution is -2.41. The van der Waals surface area contributed by atoms with Crippen molar-refractivity contribution in [3.63, 3.8) is 0 Å². The minimum Gasteiger partial charge on any atom is -0.357 e. The number of nitrogens with zero attached hydrogens (tertiary/aromatic N) is 2. The van der Waals surface area contributed by atoms with E-state index in [-0.39, 0.29) is 6.54 Å². The van der Waals surface area contributed by atoms with Gasteiger partial charge in [-0.25, -0.2) is 8.42 Å². The Labute approximate surface area is 133 Å². The molecule has 2 N–H and O–H groups in total. The first-order valence-electron chi connectivity index (χ1n) is 7.38. The fourth-order valence-electron chi connectivity index (χ4n) is 1.58. The summed E-state index contributed by atoms with van der Waals surface area (Å²) >= 11 is 0. The highest BCUT2D eigenvalue weighted by Crippen LogP contribution is 2.15. The fraction of sp³-hybridized carbons (Fsp3) is 0.600. The zero-order valence-corrected chi connectivity index (χ0v) is 14.6. The van der Waals surface area contributed by atoms with Gasteiger partial charge in [-0.2, -0.15) is 0 Å². The molecule has 0 amide bonds. The summed E-state index contributed by atoms with van der Waals surface area (Å²) < 4.78 is 22.5. The van der Waals surface area contributed by atoms with Crippen molar-refractivity contribution < 1.29 is 8.42 Å². The van der Waals surface area contributed by atoms with E-state index in [9.17, 15) is 8.42 Å². The van der Waals surface area contributed by atoms with Crippen LogP contribution < -0.4 is 10.6 Å². The van der Waals surface area contributed by atoms with Crippen molar-refractivity contribution in [2.45, 2.75) is 31.9 Å². The van der Waals surface area contributed by atoms with Crippen LogP contribution in [-0.4, -0.2) is 50.0 Å². The third-order valence-electron chi connectivity index (χ3n) is 3.37. The predicted octanol–water partition coefficient (Wildman–Crippen LogP) is 1.00. The zero-order chi connectivity index (χ0) is 16.6. The van der Waals surface area contributed by atoms with Crippen LogP contribution in [0.3, 0.4) is 0 Å². The van der Waals surface area contributed by atoms with E-state index >= 15 is 0 Å². The van der Waals surface area contributed by atoms with Crippen LogP contribution in [0.15, 0.2) is 29.4 Å². The molecule has 0 bridgehead atoms. The van der Waals surface area contributed by atoms with Crippen LogP contribution in [0.5, 0.6) is 0 Å². The van der Waals surface area contributed by atoms with Crippen molar-refractivity contribution in [2.24, 2.45) is 4.99 Å². The van der Waals surface area contributed by atoms with Crippen molar-refractivity contribution in [1.82, 2.24) is 15.6 Å². The van der Waals surface area contributed by atoms with E-state index < -0.39 is 14.6 Å². The van der Waals surface area contributed by atoms with Crippen LogP contribution in [0, 0.1) is 0 Å². The molecule has 0 atom stereocenters. The second-order valence-electron chi connectivity index (χ2n) is 5.72. The molecule has 0 spiro atoms. The van der Waals surface area contributed by atoms with E-state index in [4.69, 9.17) is 0 Å². The summed E-state index contributed by atoms with van der Waals surface area (Å²) in [5.74, 6) is 0.621. The van der Waals surface area contributed by atoms with Gasteiger partial charge in [0.1, 0.15) is 0 Å². The lowest BCUT2D eigenvalue weighted by atomic mass is 10.2. The second kappa shape index (κ2) is 8.12. The van der Waals surface area contributed by atoms with Crippen molar-refractivity contribution in [3.8, 4) is 0 Å². The predicted molar refractivity (Wildman–Crippen MR) is 90.8 cm³/mol. The summed E-state index contributed by atoms with van der Waals surface area (Å²) in [4.78, 5) is 8.64. The van der Waals surface area contributed by atoms with Gasteiger partial charge in [0.15, 0.2) is 15.8 Å². The number of aliphatic imine (C=N–C) groups is 1. The minimum absolute atomic E-state index is 0.213. The topological polar surface area (TPSA) is 83.5 Å². The Balaban J connectivity index is 2.59. The summed E-state index contributed by atoms with van der Waals surface area (Å²) in [7, 11) is -3.15. The van der Waals surface area contributed by atoms with E-state index in [1.54, 1.807) is 20.0 Å². The number of sulfone groups is 1. The molecule has 6 nitrogen and oxygen atoms in total. The maximum atomic E-state index is 11.7. The molecule has 0 aliphatic rings. The molecular formula is C15H26N4O2S. The molecule has 0 aliphatic carbocycles. The fourth-order valence-corrected chi connectivity index (χ4v) is 1.88. The number of pyridine rings is 1. The van der Waals surface area contributed by atoms with Crippen molar-refractivity contribution >= 4 is 15.8 Å². The number of guanidine groups is 1. The number of hydrogen-bond acceptors (Lipinski definition) is 4. The average Bonchev–Trinajstić information content (AvgIpc) is 2.45. The summed E-state index contributed by atoms with van der Waals surface area (Å²) in [6.45, 7) is 6.95. The Morgan fingerprint density at radius 3 is 2.59 bits per heavy atom. The lowest BCUT2D eigenvalue weighted by Gasteiger charge is -2.21. The molecule has 0 aromatic carbocycles. The van der Waals surface area contributed by atoms with Gasteiger partial charge < -0.3 is 10.6 Å². The molecular weight excluding hydrogens is 300 g/mol. The Hall–Kier alpha value is -1.63. The monoisotopic (exact) mass is 326 g/mol. The molecule has 7 heteroatoms. The van der Waals surface area contributed by atoms with Crippen LogP contribution >= 0.6 is 0 Å². The average molecular weight is 326 g/mol. The Morgan fingerprint density at radius 2 is 2.05 bits per heavy atom. The van der Waals surface area contributed by atoms with Gasteiger partial charge in [-0.15, -0.1) is 0 Å². The van der Waals surface area contributed by atoms with E-state index in [0.29, 0.717) is 19.0 Å². The van der Waals surface area contributed by atoms with Crippen LogP contribution in [0.2, 0.25) is 0 Å². The first-order chi connectivity index (χ1) is 10.3. The van der Waals surface area contributed by atoms with Gasteiger partial charge in [0.05, 0.1) is 11.3 Å². The van der Waals surface area contributed by atoms with Crippen molar-refractivity contribution in [1.29, 1.82) is 0 Å².